The Morgan fingerprint density at radius 3 is 2.76 bits per heavy atom. The summed E-state index contributed by atoms with van der Waals surface area (Å²) in [5.41, 5.74) is 1.51. The van der Waals surface area contributed by atoms with Gasteiger partial charge in [0.15, 0.2) is 0 Å². The van der Waals surface area contributed by atoms with Crippen LogP contribution in [0.15, 0.2) is 58.5 Å². The van der Waals surface area contributed by atoms with Gasteiger partial charge >= 0.3 is 0 Å². The molecule has 102 valence electrons. The van der Waals surface area contributed by atoms with Gasteiger partial charge in [0.05, 0.1) is 21.5 Å². The Morgan fingerprint density at radius 1 is 1.19 bits per heavy atom. The third-order valence-electron chi connectivity index (χ3n) is 3.05. The Hall–Kier alpha value is -2.78. The van der Waals surface area contributed by atoms with Crippen molar-refractivity contribution in [3.63, 3.8) is 0 Å². The number of nitro groups is 1. The van der Waals surface area contributed by atoms with E-state index in [9.17, 15) is 10.1 Å². The van der Waals surface area contributed by atoms with Gasteiger partial charge in [0.2, 0.25) is 0 Å². The van der Waals surface area contributed by atoms with Crippen molar-refractivity contribution in [2.45, 2.75) is 9.79 Å². The molecule has 0 amide bonds. The van der Waals surface area contributed by atoms with Crippen molar-refractivity contribution in [3.8, 4) is 6.07 Å². The summed E-state index contributed by atoms with van der Waals surface area (Å²) in [4.78, 5) is 15.2. The van der Waals surface area contributed by atoms with E-state index < -0.39 is 0 Å². The third-order valence-corrected chi connectivity index (χ3v) is 4.18. The molecule has 0 radical (unpaired) electrons. The van der Waals surface area contributed by atoms with Crippen LogP contribution in [0.2, 0.25) is 0 Å². The number of nitrogens with zero attached hydrogens (tertiary/aromatic N) is 2. The van der Waals surface area contributed by atoms with E-state index >= 15 is 0 Å². The lowest BCUT2D eigenvalue weighted by Crippen LogP contribution is -1.89. The first kappa shape index (κ1) is 13.2. The molecule has 21 heavy (non-hydrogen) atoms. The fraction of sp³-hybridized carbons (Fsp3) is 0. The number of para-hydroxylation sites is 1. The minimum atomic E-state index is -0.384. The van der Waals surface area contributed by atoms with E-state index in [0.29, 0.717) is 10.5 Å². The predicted molar refractivity (Wildman–Crippen MR) is 80.2 cm³/mol. The fourth-order valence-corrected chi connectivity index (χ4v) is 3.10. The average molecular weight is 295 g/mol. The molecule has 1 N–H and O–H groups in total. The lowest BCUT2D eigenvalue weighted by molar-refractivity contribution is -0.387. The topological polar surface area (TPSA) is 82.7 Å². The molecule has 6 heteroatoms. The first-order chi connectivity index (χ1) is 10.2. The van der Waals surface area contributed by atoms with Crippen LogP contribution in [-0.2, 0) is 0 Å². The number of fused-ring (bicyclic) bond motifs is 1. The maximum absolute atomic E-state index is 11.0. The Morgan fingerprint density at radius 2 is 2.00 bits per heavy atom. The normalized spacial score (nSPS) is 10.4. The van der Waals surface area contributed by atoms with E-state index in [1.54, 1.807) is 36.5 Å². The van der Waals surface area contributed by atoms with Gasteiger partial charge in [-0.2, -0.15) is 5.26 Å². The number of hydrogen-bond acceptors (Lipinski definition) is 4. The molecule has 0 unspecified atom stereocenters. The molecule has 0 saturated heterocycles. The minimum Gasteiger partial charge on any atom is -0.360 e. The lowest BCUT2D eigenvalue weighted by Gasteiger charge is -2.01. The second-order valence-corrected chi connectivity index (χ2v) is 5.44. The summed E-state index contributed by atoms with van der Waals surface area (Å²) in [6.07, 6.45) is 1.80. The van der Waals surface area contributed by atoms with E-state index in [2.05, 4.69) is 11.1 Å². The SMILES string of the molecule is N#Cc1ccc2c(Sc3ccccc3[N+](=O)[O-])c[nH]c2c1. The Balaban J connectivity index is 2.03. The zero-order valence-corrected chi connectivity index (χ0v) is 11.6. The number of nitriles is 1. The van der Waals surface area contributed by atoms with Crippen molar-refractivity contribution in [1.29, 1.82) is 5.26 Å². The van der Waals surface area contributed by atoms with Crippen LogP contribution in [0.25, 0.3) is 10.9 Å². The number of aromatic nitrogens is 1. The summed E-state index contributed by atoms with van der Waals surface area (Å²) < 4.78 is 0. The highest BCUT2D eigenvalue weighted by Crippen LogP contribution is 2.38. The van der Waals surface area contributed by atoms with Crippen molar-refractivity contribution < 1.29 is 4.92 Å². The van der Waals surface area contributed by atoms with E-state index in [0.717, 1.165) is 15.8 Å². The van der Waals surface area contributed by atoms with Crippen LogP contribution in [-0.4, -0.2) is 9.91 Å². The molecule has 0 aliphatic carbocycles. The highest BCUT2D eigenvalue weighted by Gasteiger charge is 2.15. The number of benzene rings is 2. The van der Waals surface area contributed by atoms with Crippen LogP contribution in [0.3, 0.4) is 0 Å². The number of rotatable bonds is 3. The number of aromatic amines is 1. The van der Waals surface area contributed by atoms with E-state index in [1.807, 2.05) is 6.07 Å². The molecule has 0 bridgehead atoms. The molecule has 0 saturated carbocycles. The van der Waals surface area contributed by atoms with Crippen LogP contribution in [0.4, 0.5) is 5.69 Å². The van der Waals surface area contributed by atoms with Crippen LogP contribution >= 0.6 is 11.8 Å². The van der Waals surface area contributed by atoms with Gasteiger partial charge < -0.3 is 4.98 Å². The maximum Gasteiger partial charge on any atom is 0.283 e. The van der Waals surface area contributed by atoms with Gasteiger partial charge in [-0.15, -0.1) is 0 Å². The van der Waals surface area contributed by atoms with Crippen LogP contribution in [0.1, 0.15) is 5.56 Å². The van der Waals surface area contributed by atoms with Gasteiger partial charge in [-0.25, -0.2) is 0 Å². The van der Waals surface area contributed by atoms with Gasteiger partial charge in [0.1, 0.15) is 0 Å². The summed E-state index contributed by atoms with van der Waals surface area (Å²) in [7, 11) is 0. The molecule has 0 aliphatic heterocycles. The Labute approximate surface area is 124 Å². The predicted octanol–water partition coefficient (Wildman–Crippen LogP) is 4.10. The van der Waals surface area contributed by atoms with Gasteiger partial charge in [0.25, 0.3) is 5.69 Å². The fourth-order valence-electron chi connectivity index (χ4n) is 2.07. The zero-order valence-electron chi connectivity index (χ0n) is 10.7. The largest absolute Gasteiger partial charge is 0.360 e. The second-order valence-electron chi connectivity index (χ2n) is 4.35. The van der Waals surface area contributed by atoms with Crippen LogP contribution < -0.4 is 0 Å². The molecule has 3 rings (SSSR count). The molecule has 0 aliphatic rings. The van der Waals surface area contributed by atoms with E-state index in [-0.39, 0.29) is 10.6 Å². The summed E-state index contributed by atoms with van der Waals surface area (Å²) in [5, 5.41) is 20.9. The van der Waals surface area contributed by atoms with Crippen molar-refractivity contribution in [2.75, 3.05) is 0 Å². The minimum absolute atomic E-state index is 0.0884. The molecule has 3 aromatic rings. The second kappa shape index (κ2) is 5.31. The molecule has 1 heterocycles. The number of nitrogens with one attached hydrogen (secondary N) is 1. The number of nitro benzene ring substituents is 1. The summed E-state index contributed by atoms with van der Waals surface area (Å²) >= 11 is 1.34. The molecular formula is C15H9N3O2S. The Kier molecular flexibility index (Phi) is 3.34. The summed E-state index contributed by atoms with van der Waals surface area (Å²) in [6, 6.07) is 14.1. The summed E-state index contributed by atoms with van der Waals surface area (Å²) in [6.45, 7) is 0. The maximum atomic E-state index is 11.0. The highest BCUT2D eigenvalue weighted by atomic mass is 32.2. The molecule has 0 fully saturated rings. The molecule has 1 aromatic heterocycles. The van der Waals surface area contributed by atoms with Gasteiger partial charge in [-0.3, -0.25) is 10.1 Å². The van der Waals surface area contributed by atoms with Gasteiger partial charge in [-0.05, 0) is 18.2 Å². The first-order valence-corrected chi connectivity index (χ1v) is 6.93. The zero-order chi connectivity index (χ0) is 14.8. The smallest absolute Gasteiger partial charge is 0.283 e. The molecular weight excluding hydrogens is 286 g/mol. The van der Waals surface area contributed by atoms with Crippen molar-refractivity contribution in [3.05, 3.63) is 64.3 Å². The molecule has 0 atom stereocenters. The average Bonchev–Trinajstić information content (AvgIpc) is 2.90. The van der Waals surface area contributed by atoms with Gasteiger partial charge in [-0.1, -0.05) is 30.0 Å². The van der Waals surface area contributed by atoms with E-state index in [4.69, 9.17) is 5.26 Å². The van der Waals surface area contributed by atoms with E-state index in [1.165, 1.54) is 17.8 Å². The van der Waals surface area contributed by atoms with Gasteiger partial charge in [0, 0.05) is 28.1 Å². The third kappa shape index (κ3) is 2.47. The Bertz CT molecular complexity index is 880. The lowest BCUT2D eigenvalue weighted by atomic mass is 10.2. The molecule has 0 spiro atoms. The van der Waals surface area contributed by atoms with Crippen LogP contribution in [0, 0.1) is 21.4 Å². The van der Waals surface area contributed by atoms with Crippen molar-refractivity contribution in [2.24, 2.45) is 0 Å². The van der Waals surface area contributed by atoms with Crippen molar-refractivity contribution >= 4 is 28.4 Å². The number of hydrogen-bond donors (Lipinski definition) is 1. The van der Waals surface area contributed by atoms with Crippen molar-refractivity contribution in [1.82, 2.24) is 4.98 Å². The first-order valence-electron chi connectivity index (χ1n) is 6.11. The standard InChI is InChI=1S/C15H9N3O2S/c16-8-10-5-6-11-12(7-10)17-9-15(11)21-14-4-2-1-3-13(14)18(19)20/h1-7,9,17H. The number of H-pyrrole nitrogens is 1. The highest BCUT2D eigenvalue weighted by molar-refractivity contribution is 7.99. The monoisotopic (exact) mass is 295 g/mol. The molecule has 5 nitrogen and oxygen atoms in total. The quantitative estimate of drug-likeness (QED) is 0.582. The molecule has 2 aromatic carbocycles. The summed E-state index contributed by atoms with van der Waals surface area (Å²) in [5.74, 6) is 0. The van der Waals surface area contributed by atoms with Crippen LogP contribution in [0.5, 0.6) is 0 Å².